The molecule has 5 nitrogen and oxygen atoms in total. The van der Waals surface area contributed by atoms with Gasteiger partial charge in [-0.05, 0) is 19.3 Å². The van der Waals surface area contributed by atoms with E-state index in [9.17, 15) is 9.59 Å². The molecule has 0 bridgehead atoms. The van der Waals surface area contributed by atoms with E-state index >= 15 is 0 Å². The van der Waals surface area contributed by atoms with E-state index in [-0.39, 0.29) is 18.6 Å². The second kappa shape index (κ2) is 7.36. The van der Waals surface area contributed by atoms with Crippen molar-refractivity contribution < 1.29 is 19.4 Å². The lowest BCUT2D eigenvalue weighted by Crippen LogP contribution is -2.43. The monoisotopic (exact) mass is 257 g/mol. The summed E-state index contributed by atoms with van der Waals surface area (Å²) in [5, 5.41) is 8.93. The molecule has 0 aromatic carbocycles. The van der Waals surface area contributed by atoms with Crippen LogP contribution in [0.25, 0.3) is 0 Å². The van der Waals surface area contributed by atoms with Gasteiger partial charge in [-0.2, -0.15) is 0 Å². The van der Waals surface area contributed by atoms with Gasteiger partial charge in [0.2, 0.25) is 0 Å². The highest BCUT2D eigenvalue weighted by Crippen LogP contribution is 2.16. The lowest BCUT2D eigenvalue weighted by Gasteiger charge is -2.26. The Balaban J connectivity index is 2.58. The van der Waals surface area contributed by atoms with Crippen LogP contribution in [0.2, 0.25) is 0 Å². The quantitative estimate of drug-likeness (QED) is 0.751. The number of nitrogens with zero attached hydrogens (tertiary/aromatic N) is 1. The molecule has 1 heterocycles. The van der Waals surface area contributed by atoms with Crippen LogP contribution in [0.5, 0.6) is 0 Å². The van der Waals surface area contributed by atoms with Gasteiger partial charge in [0.05, 0.1) is 5.92 Å². The molecule has 0 radical (unpaired) electrons. The van der Waals surface area contributed by atoms with Crippen molar-refractivity contribution in [3.05, 3.63) is 0 Å². The normalized spacial score (nSPS) is 20.7. The first-order valence-electron chi connectivity index (χ1n) is 6.69. The van der Waals surface area contributed by atoms with Gasteiger partial charge in [0, 0.05) is 19.7 Å². The summed E-state index contributed by atoms with van der Waals surface area (Å²) >= 11 is 0. The lowest BCUT2D eigenvalue weighted by atomic mass is 10.1. The van der Waals surface area contributed by atoms with Crippen molar-refractivity contribution in [2.24, 2.45) is 5.92 Å². The molecular weight excluding hydrogens is 234 g/mol. The number of rotatable bonds is 7. The van der Waals surface area contributed by atoms with Gasteiger partial charge in [0.15, 0.2) is 0 Å². The first-order chi connectivity index (χ1) is 8.56. The molecule has 0 spiro atoms. The maximum atomic E-state index is 12.2. The zero-order valence-electron chi connectivity index (χ0n) is 11.2. The molecule has 1 amide bonds. The molecule has 1 N–H and O–H groups in total. The molecule has 2 unspecified atom stereocenters. The summed E-state index contributed by atoms with van der Waals surface area (Å²) < 4.78 is 5.38. The zero-order chi connectivity index (χ0) is 13.5. The average molecular weight is 257 g/mol. The zero-order valence-corrected chi connectivity index (χ0v) is 11.2. The number of hydrogen-bond donors (Lipinski definition) is 1. The molecular formula is C13H23NO4. The lowest BCUT2D eigenvalue weighted by molar-refractivity contribution is -0.146. The molecule has 1 saturated heterocycles. The number of aliphatic carboxylic acids is 1. The van der Waals surface area contributed by atoms with Crippen molar-refractivity contribution >= 4 is 11.9 Å². The largest absolute Gasteiger partial charge is 0.481 e. The molecule has 2 atom stereocenters. The van der Waals surface area contributed by atoms with Crippen molar-refractivity contribution in [2.75, 3.05) is 19.7 Å². The molecule has 1 aliphatic rings. The Morgan fingerprint density at radius 1 is 1.50 bits per heavy atom. The van der Waals surface area contributed by atoms with Crippen molar-refractivity contribution in [1.82, 2.24) is 4.90 Å². The number of amides is 1. The van der Waals surface area contributed by atoms with Gasteiger partial charge in [-0.25, -0.2) is 0 Å². The van der Waals surface area contributed by atoms with Crippen LogP contribution in [-0.2, 0) is 14.3 Å². The van der Waals surface area contributed by atoms with Crippen LogP contribution in [0, 0.1) is 5.92 Å². The van der Waals surface area contributed by atoms with Crippen LogP contribution in [-0.4, -0.2) is 47.7 Å². The number of carbonyl (C=O) groups is 2. The Labute approximate surface area is 108 Å². The molecule has 0 aromatic heterocycles. The molecule has 104 valence electrons. The number of carbonyl (C=O) groups excluding carboxylic acids is 1. The molecule has 1 fully saturated rings. The maximum absolute atomic E-state index is 12.2. The van der Waals surface area contributed by atoms with E-state index in [1.54, 1.807) is 11.8 Å². The maximum Gasteiger partial charge on any atom is 0.308 e. The van der Waals surface area contributed by atoms with Gasteiger partial charge in [0.1, 0.15) is 6.10 Å². The SMILES string of the molecule is CCCCN(CC(C)C(=O)O)C(=O)C1CCCO1. The van der Waals surface area contributed by atoms with Gasteiger partial charge in [-0.3, -0.25) is 9.59 Å². The Kier molecular flexibility index (Phi) is 6.12. The van der Waals surface area contributed by atoms with E-state index in [4.69, 9.17) is 9.84 Å². The fourth-order valence-corrected chi connectivity index (χ4v) is 2.03. The number of carboxylic acids is 1. The second-order valence-corrected chi connectivity index (χ2v) is 4.88. The van der Waals surface area contributed by atoms with E-state index in [1.807, 2.05) is 0 Å². The number of unbranched alkanes of at least 4 members (excludes halogenated alkanes) is 1. The Hall–Kier alpha value is -1.10. The van der Waals surface area contributed by atoms with Crippen LogP contribution in [0.4, 0.5) is 0 Å². The summed E-state index contributed by atoms with van der Waals surface area (Å²) in [7, 11) is 0. The van der Waals surface area contributed by atoms with Crippen molar-refractivity contribution in [3.8, 4) is 0 Å². The van der Waals surface area contributed by atoms with Crippen molar-refractivity contribution in [2.45, 2.75) is 45.6 Å². The second-order valence-electron chi connectivity index (χ2n) is 4.88. The van der Waals surface area contributed by atoms with Crippen LogP contribution in [0.1, 0.15) is 39.5 Å². The predicted molar refractivity (Wildman–Crippen MR) is 67.3 cm³/mol. The standard InChI is InChI=1S/C13H23NO4/c1-3-4-7-14(9-10(2)13(16)17)12(15)11-6-5-8-18-11/h10-11H,3-9H2,1-2H3,(H,16,17). The molecule has 0 saturated carbocycles. The summed E-state index contributed by atoms with van der Waals surface area (Å²) in [6.07, 6.45) is 3.18. The van der Waals surface area contributed by atoms with Gasteiger partial charge in [0.25, 0.3) is 5.91 Å². The smallest absolute Gasteiger partial charge is 0.308 e. The van der Waals surface area contributed by atoms with Crippen LogP contribution >= 0.6 is 0 Å². The minimum absolute atomic E-state index is 0.0472. The third-order valence-electron chi connectivity index (χ3n) is 3.21. The van der Waals surface area contributed by atoms with Gasteiger partial charge < -0.3 is 14.7 Å². The molecule has 1 aliphatic heterocycles. The van der Waals surface area contributed by atoms with Gasteiger partial charge >= 0.3 is 5.97 Å². The Morgan fingerprint density at radius 3 is 2.72 bits per heavy atom. The summed E-state index contributed by atoms with van der Waals surface area (Å²) in [6, 6.07) is 0. The van der Waals surface area contributed by atoms with Crippen LogP contribution < -0.4 is 0 Å². The average Bonchev–Trinajstić information content (AvgIpc) is 2.86. The summed E-state index contributed by atoms with van der Waals surface area (Å²) in [5.41, 5.74) is 0. The minimum Gasteiger partial charge on any atom is -0.481 e. The van der Waals surface area contributed by atoms with Gasteiger partial charge in [-0.15, -0.1) is 0 Å². The molecule has 18 heavy (non-hydrogen) atoms. The first kappa shape index (κ1) is 15.0. The van der Waals surface area contributed by atoms with E-state index in [0.717, 1.165) is 25.7 Å². The third kappa shape index (κ3) is 4.29. The highest BCUT2D eigenvalue weighted by Gasteiger charge is 2.29. The summed E-state index contributed by atoms with van der Waals surface area (Å²) in [6.45, 7) is 5.20. The predicted octanol–water partition coefficient (Wildman–Crippen LogP) is 1.51. The highest BCUT2D eigenvalue weighted by atomic mass is 16.5. The molecule has 1 rings (SSSR count). The van der Waals surface area contributed by atoms with Gasteiger partial charge in [-0.1, -0.05) is 20.3 Å². The Morgan fingerprint density at radius 2 is 2.22 bits per heavy atom. The summed E-state index contributed by atoms with van der Waals surface area (Å²) in [5.74, 6) is -1.45. The fraction of sp³-hybridized carbons (Fsp3) is 0.846. The molecule has 0 aliphatic carbocycles. The topological polar surface area (TPSA) is 66.8 Å². The first-order valence-corrected chi connectivity index (χ1v) is 6.69. The van der Waals surface area contributed by atoms with E-state index in [0.29, 0.717) is 13.2 Å². The van der Waals surface area contributed by atoms with E-state index < -0.39 is 11.9 Å². The van der Waals surface area contributed by atoms with Crippen molar-refractivity contribution in [1.29, 1.82) is 0 Å². The minimum atomic E-state index is -0.864. The number of ether oxygens (including phenoxy) is 1. The third-order valence-corrected chi connectivity index (χ3v) is 3.21. The molecule has 0 aromatic rings. The number of carboxylic acid groups (broad SMARTS) is 1. The van der Waals surface area contributed by atoms with Crippen LogP contribution in [0.3, 0.4) is 0 Å². The van der Waals surface area contributed by atoms with Crippen LogP contribution in [0.15, 0.2) is 0 Å². The van der Waals surface area contributed by atoms with E-state index in [1.165, 1.54) is 0 Å². The summed E-state index contributed by atoms with van der Waals surface area (Å²) in [4.78, 5) is 24.8. The molecule has 5 heteroatoms. The van der Waals surface area contributed by atoms with E-state index in [2.05, 4.69) is 6.92 Å². The fourth-order valence-electron chi connectivity index (χ4n) is 2.03. The number of hydrogen-bond acceptors (Lipinski definition) is 3. The Bertz CT molecular complexity index is 287. The highest BCUT2D eigenvalue weighted by molar-refractivity contribution is 5.82. The van der Waals surface area contributed by atoms with Crippen molar-refractivity contribution in [3.63, 3.8) is 0 Å².